The van der Waals surface area contributed by atoms with Gasteiger partial charge in [0.1, 0.15) is 6.10 Å². The van der Waals surface area contributed by atoms with Crippen LogP contribution >= 0.6 is 0 Å². The van der Waals surface area contributed by atoms with Crippen LogP contribution in [-0.4, -0.2) is 19.9 Å². The molecule has 4 heteroatoms. The number of aliphatic hydroxyl groups excluding tert-OH is 1. The summed E-state index contributed by atoms with van der Waals surface area (Å²) in [6.07, 6.45) is 3.71. The highest BCUT2D eigenvalue weighted by atomic mass is 16.3. The van der Waals surface area contributed by atoms with Gasteiger partial charge in [0.25, 0.3) is 0 Å². The predicted octanol–water partition coefficient (Wildman–Crippen LogP) is 2.08. The van der Waals surface area contributed by atoms with Crippen LogP contribution < -0.4 is 0 Å². The van der Waals surface area contributed by atoms with Crippen molar-refractivity contribution >= 4 is 0 Å². The Kier molecular flexibility index (Phi) is 3.54. The van der Waals surface area contributed by atoms with Crippen molar-refractivity contribution in [2.24, 2.45) is 0 Å². The van der Waals surface area contributed by atoms with Crippen molar-refractivity contribution in [3.05, 3.63) is 47.5 Å². The maximum absolute atomic E-state index is 10.3. The van der Waals surface area contributed by atoms with Crippen LogP contribution in [0.25, 0.3) is 0 Å². The number of aryl methyl sites for hydroxylation is 2. The van der Waals surface area contributed by atoms with Gasteiger partial charge in [-0.1, -0.05) is 6.92 Å². The second-order valence-electron chi connectivity index (χ2n) is 4.14. The van der Waals surface area contributed by atoms with E-state index in [2.05, 4.69) is 17.0 Å². The maximum Gasteiger partial charge on any atom is 0.137 e. The van der Waals surface area contributed by atoms with Crippen LogP contribution in [0.15, 0.2) is 30.6 Å². The van der Waals surface area contributed by atoms with Gasteiger partial charge in [-0.2, -0.15) is 5.10 Å². The van der Waals surface area contributed by atoms with E-state index in [1.807, 2.05) is 29.8 Å². The fourth-order valence-electron chi connectivity index (χ4n) is 1.83. The van der Waals surface area contributed by atoms with Crippen molar-refractivity contribution in [1.82, 2.24) is 14.8 Å². The van der Waals surface area contributed by atoms with Crippen LogP contribution in [-0.2, 0) is 6.54 Å². The summed E-state index contributed by atoms with van der Waals surface area (Å²) >= 11 is 0. The highest BCUT2D eigenvalue weighted by Crippen LogP contribution is 2.20. The molecule has 1 N–H and O–H groups in total. The van der Waals surface area contributed by atoms with Crippen LogP contribution in [0.2, 0.25) is 0 Å². The summed E-state index contributed by atoms with van der Waals surface area (Å²) in [7, 11) is 0. The monoisotopic (exact) mass is 231 g/mol. The van der Waals surface area contributed by atoms with Crippen molar-refractivity contribution in [2.75, 3.05) is 0 Å². The molecule has 0 spiro atoms. The minimum absolute atomic E-state index is 0.669. The summed E-state index contributed by atoms with van der Waals surface area (Å²) in [5.74, 6) is 0. The smallest absolute Gasteiger partial charge is 0.137 e. The summed E-state index contributed by atoms with van der Waals surface area (Å²) in [6.45, 7) is 4.88. The predicted molar refractivity (Wildman–Crippen MR) is 65.6 cm³/mol. The Morgan fingerprint density at radius 2 is 2.18 bits per heavy atom. The largest absolute Gasteiger partial charge is 0.380 e. The van der Waals surface area contributed by atoms with E-state index in [-0.39, 0.29) is 0 Å². The number of aliphatic hydroxyl groups is 1. The molecule has 90 valence electrons. The molecule has 0 aliphatic carbocycles. The molecule has 1 unspecified atom stereocenters. The lowest BCUT2D eigenvalue weighted by atomic mass is 10.1. The lowest BCUT2D eigenvalue weighted by Gasteiger charge is -2.12. The summed E-state index contributed by atoms with van der Waals surface area (Å²) in [4.78, 5) is 4.21. The Bertz CT molecular complexity index is 493. The molecule has 1 atom stereocenters. The Morgan fingerprint density at radius 3 is 2.88 bits per heavy atom. The van der Waals surface area contributed by atoms with Gasteiger partial charge in [0.2, 0.25) is 0 Å². The second kappa shape index (κ2) is 5.10. The molecule has 2 heterocycles. The van der Waals surface area contributed by atoms with Gasteiger partial charge in [0.05, 0.1) is 11.4 Å². The third-order valence-electron chi connectivity index (χ3n) is 2.68. The van der Waals surface area contributed by atoms with Crippen LogP contribution in [0.1, 0.15) is 36.4 Å². The summed E-state index contributed by atoms with van der Waals surface area (Å²) in [5, 5.41) is 14.5. The van der Waals surface area contributed by atoms with Gasteiger partial charge < -0.3 is 5.11 Å². The van der Waals surface area contributed by atoms with E-state index in [4.69, 9.17) is 0 Å². The van der Waals surface area contributed by atoms with E-state index >= 15 is 0 Å². The molecule has 0 aliphatic heterocycles. The molecule has 0 fully saturated rings. The minimum atomic E-state index is -0.705. The molecule has 4 nitrogen and oxygen atoms in total. The number of nitrogens with zero attached hydrogens (tertiary/aromatic N) is 3. The lowest BCUT2D eigenvalue weighted by molar-refractivity contribution is 0.202. The first kappa shape index (κ1) is 11.8. The number of hydrogen-bond acceptors (Lipinski definition) is 3. The first-order chi connectivity index (χ1) is 8.22. The molecule has 17 heavy (non-hydrogen) atoms. The highest BCUT2D eigenvalue weighted by Gasteiger charge is 2.16. The van der Waals surface area contributed by atoms with Crippen molar-refractivity contribution in [3.63, 3.8) is 0 Å². The van der Waals surface area contributed by atoms with Crippen LogP contribution in [0.3, 0.4) is 0 Å². The molecule has 0 saturated carbocycles. The van der Waals surface area contributed by atoms with Crippen molar-refractivity contribution in [3.8, 4) is 0 Å². The average molecular weight is 231 g/mol. The zero-order valence-corrected chi connectivity index (χ0v) is 10.2. The SMILES string of the molecule is CCCn1nccc1C(O)c1cc(C)ccn1. The zero-order valence-electron chi connectivity index (χ0n) is 10.2. The first-order valence-corrected chi connectivity index (χ1v) is 5.84. The normalized spacial score (nSPS) is 12.6. The number of rotatable bonds is 4. The van der Waals surface area contributed by atoms with E-state index in [1.165, 1.54) is 0 Å². The minimum Gasteiger partial charge on any atom is -0.380 e. The van der Waals surface area contributed by atoms with E-state index in [1.54, 1.807) is 12.4 Å². The van der Waals surface area contributed by atoms with Gasteiger partial charge in [0, 0.05) is 18.9 Å². The Morgan fingerprint density at radius 1 is 1.35 bits per heavy atom. The van der Waals surface area contributed by atoms with Crippen LogP contribution in [0.4, 0.5) is 0 Å². The summed E-state index contributed by atoms with van der Waals surface area (Å²) < 4.78 is 1.83. The summed E-state index contributed by atoms with van der Waals surface area (Å²) in [5.41, 5.74) is 2.56. The molecule has 2 aromatic heterocycles. The van der Waals surface area contributed by atoms with Gasteiger partial charge in [-0.05, 0) is 37.1 Å². The highest BCUT2D eigenvalue weighted by molar-refractivity contribution is 5.22. The zero-order chi connectivity index (χ0) is 12.3. The van der Waals surface area contributed by atoms with Crippen molar-refractivity contribution in [2.45, 2.75) is 32.9 Å². The van der Waals surface area contributed by atoms with Crippen molar-refractivity contribution < 1.29 is 5.11 Å². The van der Waals surface area contributed by atoms with Crippen molar-refractivity contribution in [1.29, 1.82) is 0 Å². The van der Waals surface area contributed by atoms with E-state index < -0.39 is 6.10 Å². The van der Waals surface area contributed by atoms with E-state index in [0.29, 0.717) is 5.69 Å². The quantitative estimate of drug-likeness (QED) is 0.876. The molecular formula is C13H17N3O. The Labute approximate surface area is 101 Å². The molecule has 0 bridgehead atoms. The maximum atomic E-state index is 10.3. The van der Waals surface area contributed by atoms with E-state index in [9.17, 15) is 5.11 Å². The van der Waals surface area contributed by atoms with Gasteiger partial charge >= 0.3 is 0 Å². The second-order valence-corrected chi connectivity index (χ2v) is 4.14. The molecular weight excluding hydrogens is 214 g/mol. The molecule has 0 aliphatic rings. The molecule has 0 aromatic carbocycles. The molecule has 0 saturated heterocycles. The Hall–Kier alpha value is -1.68. The standard InChI is InChI=1S/C13H17N3O/c1-3-8-16-12(5-7-15-16)13(17)11-9-10(2)4-6-14-11/h4-7,9,13,17H,3,8H2,1-2H3. The van der Waals surface area contributed by atoms with Gasteiger partial charge in [-0.25, -0.2) is 0 Å². The number of pyridine rings is 1. The van der Waals surface area contributed by atoms with Gasteiger partial charge in [-0.15, -0.1) is 0 Å². The third-order valence-corrected chi connectivity index (χ3v) is 2.68. The van der Waals surface area contributed by atoms with Gasteiger partial charge in [-0.3, -0.25) is 9.67 Å². The first-order valence-electron chi connectivity index (χ1n) is 5.84. The molecule has 0 amide bonds. The number of aromatic nitrogens is 3. The average Bonchev–Trinajstić information content (AvgIpc) is 2.77. The fraction of sp³-hybridized carbons (Fsp3) is 0.385. The van der Waals surface area contributed by atoms with Crippen LogP contribution in [0, 0.1) is 6.92 Å². The topological polar surface area (TPSA) is 50.9 Å². The lowest BCUT2D eigenvalue weighted by Crippen LogP contribution is -2.11. The van der Waals surface area contributed by atoms with E-state index in [0.717, 1.165) is 24.2 Å². The third kappa shape index (κ3) is 2.53. The molecule has 2 rings (SSSR count). The molecule has 0 radical (unpaired) electrons. The fourth-order valence-corrected chi connectivity index (χ4v) is 1.83. The van der Waals surface area contributed by atoms with Gasteiger partial charge in [0.15, 0.2) is 0 Å². The Balaban J connectivity index is 2.30. The van der Waals surface area contributed by atoms with Crippen LogP contribution in [0.5, 0.6) is 0 Å². The molecule has 2 aromatic rings. The summed E-state index contributed by atoms with van der Waals surface area (Å²) in [6, 6.07) is 5.65. The number of hydrogen-bond donors (Lipinski definition) is 1.